The lowest BCUT2D eigenvalue weighted by atomic mass is 9.89. The van der Waals surface area contributed by atoms with Crippen molar-refractivity contribution in [1.29, 1.82) is 0 Å². The lowest BCUT2D eigenvalue weighted by molar-refractivity contribution is 0.0955. The maximum Gasteiger partial charge on any atom is 0.251 e. The molecule has 4 amide bonds. The number of carbonyl (C=O) groups is 5. The van der Waals surface area contributed by atoms with Crippen LogP contribution in [0.1, 0.15) is 142 Å². The summed E-state index contributed by atoms with van der Waals surface area (Å²) in [4.78, 5) is 60.2. The monoisotopic (exact) mass is 1510 g/mol. The Bertz CT molecular complexity index is 5400. The third kappa shape index (κ3) is 22.3. The van der Waals surface area contributed by atoms with Crippen molar-refractivity contribution in [2.45, 2.75) is 92.4 Å². The molecule has 1 saturated carbocycles. The molecule has 4 N–H and O–H groups in total. The Balaban J connectivity index is 0.000000150. The van der Waals surface area contributed by atoms with E-state index in [1.54, 1.807) is 35.3 Å². The van der Waals surface area contributed by atoms with Gasteiger partial charge in [-0.1, -0.05) is 197 Å². The minimum atomic E-state index is -0.0573. The minimum Gasteiger partial charge on any atom is -0.384 e. The summed E-state index contributed by atoms with van der Waals surface area (Å²) in [7, 11) is 12.6. The van der Waals surface area contributed by atoms with Gasteiger partial charge < -0.3 is 49.2 Å². The van der Waals surface area contributed by atoms with E-state index < -0.39 is 0 Å². The molecule has 113 heavy (non-hydrogen) atoms. The molecule has 1 fully saturated rings. The van der Waals surface area contributed by atoms with Crippen LogP contribution in [-0.4, -0.2) is 115 Å². The topological polar surface area (TPSA) is 166 Å². The molecule has 1 aliphatic rings. The first-order chi connectivity index (χ1) is 54.5. The number of aryl methyl sites for hydroxylation is 1. The first-order valence-corrected chi connectivity index (χ1v) is 38.8. The summed E-state index contributed by atoms with van der Waals surface area (Å²) in [5, 5.41) is 15.7. The summed E-state index contributed by atoms with van der Waals surface area (Å²) >= 11 is 0. The van der Waals surface area contributed by atoms with E-state index >= 15 is 0 Å². The molecule has 15 heteroatoms. The van der Waals surface area contributed by atoms with Crippen LogP contribution in [0.3, 0.4) is 0 Å². The van der Waals surface area contributed by atoms with Crippen molar-refractivity contribution < 1.29 is 28.7 Å². The number of amides is 4. The van der Waals surface area contributed by atoms with Crippen LogP contribution in [-0.2, 0) is 50.2 Å². The number of nitrogens with zero attached hydrogens (tertiary/aromatic N) is 5. The van der Waals surface area contributed by atoms with Crippen molar-refractivity contribution in [3.8, 4) is 0 Å². The van der Waals surface area contributed by atoms with Crippen molar-refractivity contribution >= 4 is 73.0 Å². The smallest absolute Gasteiger partial charge is 0.251 e. The number of para-hydroxylation sites is 4. The van der Waals surface area contributed by atoms with Crippen LogP contribution in [0.2, 0.25) is 0 Å². The van der Waals surface area contributed by atoms with Gasteiger partial charge in [0.25, 0.3) is 23.6 Å². The van der Waals surface area contributed by atoms with Crippen molar-refractivity contribution in [1.82, 2.24) is 44.4 Å². The number of hydrogen-bond donors (Lipinski definition) is 4. The van der Waals surface area contributed by atoms with E-state index in [0.29, 0.717) is 34.6 Å². The summed E-state index contributed by atoms with van der Waals surface area (Å²) in [5.74, 6) is 1.47. The Morgan fingerprint density at radius 3 is 1.32 bits per heavy atom. The molecule has 0 aliphatic heterocycles. The van der Waals surface area contributed by atoms with Crippen LogP contribution < -0.4 is 21.3 Å². The largest absolute Gasteiger partial charge is 0.384 e. The molecule has 0 spiro atoms. The Hall–Kier alpha value is -12.2. The number of Topliss-reactive ketones (excluding diaryl/α,β-unsaturated/α-hetero) is 1. The molecule has 15 rings (SSSR count). The molecule has 10 aromatic carbocycles. The maximum atomic E-state index is 11.7. The fraction of sp³-hybridized carbons (Fsp3) is 0.255. The van der Waals surface area contributed by atoms with Gasteiger partial charge >= 0.3 is 0 Å². The molecule has 0 radical (unpaired) electrons. The van der Waals surface area contributed by atoms with E-state index in [1.165, 1.54) is 113 Å². The first-order valence-electron chi connectivity index (χ1n) is 38.8. The maximum absolute atomic E-state index is 11.7. The zero-order valence-electron chi connectivity index (χ0n) is 66.1. The van der Waals surface area contributed by atoms with E-state index in [-0.39, 0.29) is 36.8 Å². The van der Waals surface area contributed by atoms with Gasteiger partial charge in [-0.2, -0.15) is 0 Å². The lowest BCUT2D eigenvalue weighted by Crippen LogP contribution is -2.17. The lowest BCUT2D eigenvalue weighted by Gasteiger charge is -2.18. The molecule has 15 nitrogen and oxygen atoms in total. The summed E-state index contributed by atoms with van der Waals surface area (Å²) in [5.41, 5.74) is 19.9. The molecule has 1 aliphatic carbocycles. The summed E-state index contributed by atoms with van der Waals surface area (Å²) in [6, 6.07) is 88.0. The highest BCUT2D eigenvalue weighted by molar-refractivity contribution is 5.97. The number of nitrogens with one attached hydrogen (secondary N) is 4. The van der Waals surface area contributed by atoms with Crippen molar-refractivity contribution in [2.75, 3.05) is 62.5 Å². The standard InChI is InChI=1S/C24H22N2O.C21H25N3O.C18H18N2O.C17H16N2O.C17H24O2.CH4/c1-25-24(27)20-13-11-19(12-14-20)16-26-17-21(15-18-7-3-2-4-8-18)22-9-5-6-10-23(22)26;1-22-21(25)17-10-8-16(9-11-17)14-24-15-18(12-13-23(2)3)19-6-4-5-7-20(19)24;1-13-11-16-5-3-4-6-17(16)20(13)12-14-7-9-15(10-8-14)18(21)19-2;1-18-17(20)15-8-6-13(7-9-15)12-19-11-10-14-4-2-3-5-16(14)19;1-3-17(18)14-9-7-13(8-10-14)11-15-5-4-6-16(15)12-19-2;/h2-14,17H,15-16H2,1H3,(H,25,27);4-11,15H,12-14H2,1-3H3,(H,22,25);3-11H,12H2,1-2H3,(H,19,21);2-11H,12H2,1H3,(H,18,20);7-10,15-16H,3-6,11-12H2,1-2H3;1H4/t;;;;15?,16-;/m....1./s1. The number of ketones is 1. The molecule has 582 valence electrons. The molecular weight excluding hydrogens is 1400 g/mol. The number of hydrogen-bond acceptors (Lipinski definition) is 7. The van der Waals surface area contributed by atoms with E-state index in [9.17, 15) is 24.0 Å². The van der Waals surface area contributed by atoms with E-state index in [0.717, 1.165) is 70.1 Å². The molecular formula is C98H109N9O6. The predicted octanol–water partition coefficient (Wildman–Crippen LogP) is 18.7. The van der Waals surface area contributed by atoms with Crippen LogP contribution in [0.4, 0.5) is 0 Å². The molecule has 14 aromatic rings. The average molecular weight is 1510 g/mol. The second kappa shape index (κ2) is 41.2. The van der Waals surface area contributed by atoms with E-state index in [2.05, 4.69) is 224 Å². The number of carbonyl (C=O) groups excluding carboxylic acids is 5. The minimum absolute atomic E-state index is 0. The summed E-state index contributed by atoms with van der Waals surface area (Å²) in [6.45, 7) is 9.16. The van der Waals surface area contributed by atoms with Crippen LogP contribution in [0.15, 0.2) is 279 Å². The van der Waals surface area contributed by atoms with Gasteiger partial charge in [0, 0.05) is 166 Å². The van der Waals surface area contributed by atoms with E-state index in [4.69, 9.17) is 4.74 Å². The molecule has 0 bridgehead atoms. The number of methoxy groups -OCH3 is 1. The number of fused-ring (bicyclic) bond motifs is 4. The fourth-order valence-electron chi connectivity index (χ4n) is 14.8. The van der Waals surface area contributed by atoms with Gasteiger partial charge in [-0.3, -0.25) is 24.0 Å². The molecule has 4 heterocycles. The second-order valence-electron chi connectivity index (χ2n) is 28.9. The van der Waals surface area contributed by atoms with Gasteiger partial charge in [0.1, 0.15) is 0 Å². The highest BCUT2D eigenvalue weighted by Gasteiger charge is 2.27. The molecule has 0 saturated heterocycles. The number of rotatable bonds is 23. The van der Waals surface area contributed by atoms with Gasteiger partial charge in [0.05, 0.1) is 0 Å². The van der Waals surface area contributed by atoms with Crippen molar-refractivity contribution in [2.24, 2.45) is 11.8 Å². The van der Waals surface area contributed by atoms with Crippen LogP contribution >= 0.6 is 0 Å². The molecule has 4 aromatic heterocycles. The first kappa shape index (κ1) is 83.3. The zero-order valence-corrected chi connectivity index (χ0v) is 66.1. The van der Waals surface area contributed by atoms with Gasteiger partial charge in [-0.15, -0.1) is 0 Å². The number of aromatic nitrogens is 4. The average Bonchev–Trinajstić information content (AvgIpc) is 1.66. The van der Waals surface area contributed by atoms with Gasteiger partial charge in [0.2, 0.25) is 0 Å². The SMILES string of the molecule is C.CCC(=O)c1ccc(CC2CCC[C@@H]2COC)cc1.CNC(=O)c1ccc(Cn2c(C)cc3ccccc32)cc1.CNC(=O)c1ccc(Cn2cc(CCN(C)C)c3ccccc32)cc1.CNC(=O)c1ccc(Cn2cc(Cc3ccccc3)c3ccccc32)cc1.CNC(=O)c1ccc(Cn2ccc3ccccc32)cc1. The Morgan fingerprint density at radius 1 is 0.425 bits per heavy atom. The van der Waals surface area contributed by atoms with Crippen molar-refractivity contribution in [3.05, 3.63) is 357 Å². The Labute approximate surface area is 666 Å². The normalized spacial score (nSPS) is 12.8. The quantitative estimate of drug-likeness (QED) is 0.0463. The van der Waals surface area contributed by atoms with Gasteiger partial charge in [-0.05, 0) is 205 Å². The van der Waals surface area contributed by atoms with Gasteiger partial charge in [-0.25, -0.2) is 0 Å². The highest BCUT2D eigenvalue weighted by atomic mass is 16.5. The molecule has 2 atom stereocenters. The van der Waals surface area contributed by atoms with Crippen LogP contribution in [0, 0.1) is 18.8 Å². The molecule has 1 unspecified atom stereocenters. The van der Waals surface area contributed by atoms with Crippen molar-refractivity contribution in [3.63, 3.8) is 0 Å². The zero-order chi connectivity index (χ0) is 78.9. The third-order valence-corrected chi connectivity index (χ3v) is 21.0. The number of ether oxygens (including phenoxy) is 1. The highest BCUT2D eigenvalue weighted by Crippen LogP contribution is 2.35. The van der Waals surface area contributed by atoms with Crippen LogP contribution in [0.5, 0.6) is 0 Å². The third-order valence-electron chi connectivity index (χ3n) is 21.0. The number of benzene rings is 10. The second-order valence-corrected chi connectivity index (χ2v) is 28.9. The summed E-state index contributed by atoms with van der Waals surface area (Å²) in [6.07, 6.45) is 14.2. The summed E-state index contributed by atoms with van der Waals surface area (Å²) < 4.78 is 14.4. The van der Waals surface area contributed by atoms with E-state index in [1.807, 2.05) is 128 Å². The van der Waals surface area contributed by atoms with Gasteiger partial charge in [0.15, 0.2) is 5.78 Å². The Morgan fingerprint density at radius 2 is 0.832 bits per heavy atom. The fourth-order valence-corrected chi connectivity index (χ4v) is 14.8. The predicted molar refractivity (Wildman–Crippen MR) is 464 cm³/mol. The van der Waals surface area contributed by atoms with Crippen LogP contribution in [0.25, 0.3) is 43.6 Å². The number of likely N-dealkylation sites (N-methyl/N-ethyl adjacent to an activating group) is 1. The Kier molecular flexibility index (Phi) is 30.4.